The van der Waals surface area contributed by atoms with Gasteiger partial charge in [-0.25, -0.2) is 4.39 Å². The molecule has 1 aromatic carbocycles. The van der Waals surface area contributed by atoms with Crippen LogP contribution in [0.4, 0.5) is 4.39 Å². The van der Waals surface area contributed by atoms with Crippen LogP contribution >= 0.6 is 0 Å². The van der Waals surface area contributed by atoms with E-state index >= 15 is 0 Å². The summed E-state index contributed by atoms with van der Waals surface area (Å²) in [6, 6.07) is 11.8. The fraction of sp³-hybridized carbons (Fsp3) is 0.188. The molecule has 5 nitrogen and oxygen atoms in total. The van der Waals surface area contributed by atoms with Crippen LogP contribution in [0.1, 0.15) is 17.8 Å². The molecule has 3 rings (SSSR count). The number of hydrogen-bond donors (Lipinski definition) is 1. The number of benzene rings is 1. The van der Waals surface area contributed by atoms with Gasteiger partial charge in [0, 0.05) is 12.6 Å². The molecule has 0 aliphatic heterocycles. The maximum atomic E-state index is 12.8. The van der Waals surface area contributed by atoms with E-state index in [1.807, 2.05) is 28.8 Å². The first kappa shape index (κ1) is 14.2. The number of pyridine rings is 1. The van der Waals surface area contributed by atoms with Gasteiger partial charge in [-0.2, -0.15) is 0 Å². The van der Waals surface area contributed by atoms with Gasteiger partial charge in [-0.3, -0.25) is 9.20 Å². The van der Waals surface area contributed by atoms with Crippen molar-refractivity contribution in [1.29, 1.82) is 0 Å². The minimum absolute atomic E-state index is 0.0722. The molecule has 0 saturated heterocycles. The van der Waals surface area contributed by atoms with Crippen LogP contribution in [-0.4, -0.2) is 20.5 Å². The number of aromatic nitrogens is 3. The van der Waals surface area contributed by atoms with Crippen molar-refractivity contribution in [3.63, 3.8) is 0 Å². The average molecular weight is 298 g/mol. The predicted molar refractivity (Wildman–Crippen MR) is 79.6 cm³/mol. The first-order valence-corrected chi connectivity index (χ1v) is 7.02. The third-order valence-corrected chi connectivity index (χ3v) is 3.38. The SMILES string of the molecule is O=C(CCc1ccc(F)cc1)NCc1nnc2ccccn12. The zero-order chi connectivity index (χ0) is 15.4. The van der Waals surface area contributed by atoms with Gasteiger partial charge < -0.3 is 5.32 Å². The van der Waals surface area contributed by atoms with Crippen molar-refractivity contribution in [2.75, 3.05) is 0 Å². The van der Waals surface area contributed by atoms with E-state index in [-0.39, 0.29) is 11.7 Å². The maximum absolute atomic E-state index is 12.8. The van der Waals surface area contributed by atoms with Crippen LogP contribution in [0.15, 0.2) is 48.7 Å². The van der Waals surface area contributed by atoms with Gasteiger partial charge in [-0.05, 0) is 36.2 Å². The van der Waals surface area contributed by atoms with Crippen molar-refractivity contribution in [3.05, 3.63) is 65.9 Å². The topological polar surface area (TPSA) is 59.3 Å². The minimum atomic E-state index is -0.271. The molecule has 112 valence electrons. The van der Waals surface area contributed by atoms with Crippen LogP contribution in [0.3, 0.4) is 0 Å². The van der Waals surface area contributed by atoms with Crippen LogP contribution in [0, 0.1) is 5.82 Å². The molecule has 0 spiro atoms. The summed E-state index contributed by atoms with van der Waals surface area (Å²) in [7, 11) is 0. The van der Waals surface area contributed by atoms with Crippen LogP contribution in [0.5, 0.6) is 0 Å². The highest BCUT2D eigenvalue weighted by atomic mass is 19.1. The summed E-state index contributed by atoms with van der Waals surface area (Å²) in [5.41, 5.74) is 1.68. The second-order valence-corrected chi connectivity index (χ2v) is 4.95. The molecule has 0 unspecified atom stereocenters. The standard InChI is InChI=1S/C16H15FN4O/c17-13-7-4-12(5-8-13)6-9-16(22)18-11-15-20-19-14-3-1-2-10-21(14)15/h1-5,7-8,10H,6,9,11H2,(H,18,22). The smallest absolute Gasteiger partial charge is 0.220 e. The number of nitrogens with zero attached hydrogens (tertiary/aromatic N) is 3. The Labute approximate surface area is 126 Å². The third kappa shape index (κ3) is 3.28. The Bertz CT molecular complexity index is 782. The fourth-order valence-corrected chi connectivity index (χ4v) is 2.19. The number of rotatable bonds is 5. The number of nitrogens with one attached hydrogen (secondary N) is 1. The lowest BCUT2D eigenvalue weighted by Gasteiger charge is -2.04. The number of fused-ring (bicyclic) bond motifs is 1. The van der Waals surface area contributed by atoms with E-state index in [9.17, 15) is 9.18 Å². The molecule has 0 radical (unpaired) electrons. The Kier molecular flexibility index (Phi) is 4.09. The van der Waals surface area contributed by atoms with Crippen molar-refractivity contribution in [2.45, 2.75) is 19.4 Å². The summed E-state index contributed by atoms with van der Waals surface area (Å²) in [6.07, 6.45) is 2.78. The molecule has 0 bridgehead atoms. The van der Waals surface area contributed by atoms with Crippen LogP contribution in [0.25, 0.3) is 5.65 Å². The number of carbonyl (C=O) groups is 1. The van der Waals surface area contributed by atoms with Gasteiger partial charge in [-0.1, -0.05) is 18.2 Å². The van der Waals surface area contributed by atoms with Crippen LogP contribution < -0.4 is 5.32 Å². The molecule has 0 aliphatic carbocycles. The van der Waals surface area contributed by atoms with Gasteiger partial charge in [0.05, 0.1) is 6.54 Å². The first-order chi connectivity index (χ1) is 10.7. The van der Waals surface area contributed by atoms with E-state index in [0.717, 1.165) is 11.2 Å². The summed E-state index contributed by atoms with van der Waals surface area (Å²) in [4.78, 5) is 11.9. The zero-order valence-corrected chi connectivity index (χ0v) is 11.9. The molecule has 0 fully saturated rings. The number of aryl methyl sites for hydroxylation is 1. The van der Waals surface area contributed by atoms with Gasteiger partial charge in [-0.15, -0.1) is 10.2 Å². The Morgan fingerprint density at radius 3 is 2.77 bits per heavy atom. The second kappa shape index (κ2) is 6.34. The van der Waals surface area contributed by atoms with Crippen molar-refractivity contribution in [2.24, 2.45) is 0 Å². The molecule has 0 atom stereocenters. The van der Waals surface area contributed by atoms with Gasteiger partial charge in [0.25, 0.3) is 0 Å². The summed E-state index contributed by atoms with van der Waals surface area (Å²) < 4.78 is 14.6. The Morgan fingerprint density at radius 2 is 1.95 bits per heavy atom. The minimum Gasteiger partial charge on any atom is -0.349 e. The highest BCUT2D eigenvalue weighted by Gasteiger charge is 2.07. The van der Waals surface area contributed by atoms with E-state index in [2.05, 4.69) is 15.5 Å². The van der Waals surface area contributed by atoms with Crippen molar-refractivity contribution >= 4 is 11.6 Å². The fourth-order valence-electron chi connectivity index (χ4n) is 2.19. The van der Waals surface area contributed by atoms with Crippen molar-refractivity contribution in [1.82, 2.24) is 19.9 Å². The van der Waals surface area contributed by atoms with E-state index < -0.39 is 0 Å². The second-order valence-electron chi connectivity index (χ2n) is 4.95. The molecule has 3 aromatic rings. The number of halogens is 1. The number of carbonyl (C=O) groups excluding carboxylic acids is 1. The Hall–Kier alpha value is -2.76. The van der Waals surface area contributed by atoms with Gasteiger partial charge >= 0.3 is 0 Å². The summed E-state index contributed by atoms with van der Waals surface area (Å²) in [5.74, 6) is 0.342. The zero-order valence-electron chi connectivity index (χ0n) is 11.9. The van der Waals surface area contributed by atoms with E-state index in [1.165, 1.54) is 12.1 Å². The molecule has 6 heteroatoms. The van der Waals surface area contributed by atoms with Gasteiger partial charge in [0.15, 0.2) is 11.5 Å². The number of amides is 1. The largest absolute Gasteiger partial charge is 0.349 e. The highest BCUT2D eigenvalue weighted by Crippen LogP contribution is 2.06. The lowest BCUT2D eigenvalue weighted by Crippen LogP contribution is -2.24. The Balaban J connectivity index is 1.53. The molecular formula is C16H15FN4O. The van der Waals surface area contributed by atoms with E-state index in [4.69, 9.17) is 0 Å². The highest BCUT2D eigenvalue weighted by molar-refractivity contribution is 5.76. The van der Waals surface area contributed by atoms with E-state index in [1.54, 1.807) is 12.1 Å². The summed E-state index contributed by atoms with van der Waals surface area (Å²) in [5, 5.41) is 10.9. The van der Waals surface area contributed by atoms with Crippen molar-refractivity contribution in [3.8, 4) is 0 Å². The van der Waals surface area contributed by atoms with Crippen LogP contribution in [-0.2, 0) is 17.8 Å². The van der Waals surface area contributed by atoms with Gasteiger partial charge in [0.1, 0.15) is 5.82 Å². The van der Waals surface area contributed by atoms with Crippen molar-refractivity contribution < 1.29 is 9.18 Å². The molecule has 1 N–H and O–H groups in total. The molecular weight excluding hydrogens is 283 g/mol. The normalized spacial score (nSPS) is 10.8. The summed E-state index contributed by atoms with van der Waals surface area (Å²) >= 11 is 0. The molecule has 1 amide bonds. The van der Waals surface area contributed by atoms with E-state index in [0.29, 0.717) is 25.2 Å². The molecule has 0 saturated carbocycles. The third-order valence-electron chi connectivity index (χ3n) is 3.38. The first-order valence-electron chi connectivity index (χ1n) is 7.02. The summed E-state index contributed by atoms with van der Waals surface area (Å²) in [6.45, 7) is 0.327. The van der Waals surface area contributed by atoms with Crippen LogP contribution in [0.2, 0.25) is 0 Å². The molecule has 2 heterocycles. The maximum Gasteiger partial charge on any atom is 0.220 e. The monoisotopic (exact) mass is 298 g/mol. The average Bonchev–Trinajstić information content (AvgIpc) is 2.96. The lowest BCUT2D eigenvalue weighted by atomic mass is 10.1. The molecule has 22 heavy (non-hydrogen) atoms. The Morgan fingerprint density at radius 1 is 1.14 bits per heavy atom. The quantitative estimate of drug-likeness (QED) is 0.785. The predicted octanol–water partition coefficient (Wildman–Crippen LogP) is 2.12. The molecule has 0 aliphatic rings. The number of hydrogen-bond acceptors (Lipinski definition) is 3. The molecule has 2 aromatic heterocycles. The van der Waals surface area contributed by atoms with Gasteiger partial charge in [0.2, 0.25) is 5.91 Å². The lowest BCUT2D eigenvalue weighted by molar-refractivity contribution is -0.121.